The highest BCUT2D eigenvalue weighted by atomic mass is 16.5. The fraction of sp³-hybridized carbons (Fsp3) is 0.526. The number of carbonyl (C=O) groups is 1. The molecule has 0 spiro atoms. The molecular weight excluding hydrogens is 304 g/mol. The standard InChI is InChI=1S/C19H28N2O3/c1-4-6-16-7-8-17(18(14-16)23-3)24-15-19(22)21-12-10-20(9-5-2)11-13-21/h4,7-8,14H,1,5-6,9-13,15H2,2-3H3. The topological polar surface area (TPSA) is 42.0 Å². The van der Waals surface area contributed by atoms with E-state index in [0.29, 0.717) is 11.5 Å². The molecule has 1 aliphatic heterocycles. The molecule has 24 heavy (non-hydrogen) atoms. The molecule has 1 fully saturated rings. The molecule has 1 saturated heterocycles. The predicted octanol–water partition coefficient (Wildman–Crippen LogP) is 2.36. The van der Waals surface area contributed by atoms with E-state index < -0.39 is 0 Å². The molecule has 1 amide bonds. The lowest BCUT2D eigenvalue weighted by atomic mass is 10.1. The predicted molar refractivity (Wildman–Crippen MR) is 95.7 cm³/mol. The van der Waals surface area contributed by atoms with Crippen molar-refractivity contribution in [2.75, 3.05) is 46.4 Å². The van der Waals surface area contributed by atoms with Gasteiger partial charge < -0.3 is 14.4 Å². The van der Waals surface area contributed by atoms with Gasteiger partial charge in [-0.1, -0.05) is 19.1 Å². The number of hydrogen-bond donors (Lipinski definition) is 0. The molecule has 1 heterocycles. The maximum Gasteiger partial charge on any atom is 0.260 e. The number of methoxy groups -OCH3 is 1. The maximum absolute atomic E-state index is 12.3. The Bertz CT molecular complexity index is 552. The second kappa shape index (κ2) is 9.33. The lowest BCUT2D eigenvalue weighted by Crippen LogP contribution is -2.50. The monoisotopic (exact) mass is 332 g/mol. The van der Waals surface area contributed by atoms with Crippen LogP contribution in [-0.2, 0) is 11.2 Å². The Morgan fingerprint density at radius 1 is 1.25 bits per heavy atom. The lowest BCUT2D eigenvalue weighted by molar-refractivity contribution is -0.135. The van der Waals surface area contributed by atoms with Crippen LogP contribution in [0.25, 0.3) is 0 Å². The Morgan fingerprint density at radius 2 is 2.00 bits per heavy atom. The van der Waals surface area contributed by atoms with Gasteiger partial charge in [0.2, 0.25) is 0 Å². The number of benzene rings is 1. The van der Waals surface area contributed by atoms with E-state index in [1.807, 2.05) is 29.2 Å². The normalized spacial score (nSPS) is 15.2. The van der Waals surface area contributed by atoms with Crippen LogP contribution in [0, 0.1) is 0 Å². The molecule has 2 rings (SSSR count). The van der Waals surface area contributed by atoms with Gasteiger partial charge in [0.05, 0.1) is 7.11 Å². The first-order valence-electron chi connectivity index (χ1n) is 8.58. The first-order chi connectivity index (χ1) is 11.7. The second-order valence-electron chi connectivity index (χ2n) is 5.99. The smallest absolute Gasteiger partial charge is 0.260 e. The number of amides is 1. The summed E-state index contributed by atoms with van der Waals surface area (Å²) in [5, 5.41) is 0. The van der Waals surface area contributed by atoms with Gasteiger partial charge in [-0.3, -0.25) is 9.69 Å². The fourth-order valence-electron chi connectivity index (χ4n) is 2.89. The minimum absolute atomic E-state index is 0.0309. The van der Waals surface area contributed by atoms with E-state index in [-0.39, 0.29) is 12.5 Å². The van der Waals surface area contributed by atoms with Crippen LogP contribution in [0.1, 0.15) is 18.9 Å². The van der Waals surface area contributed by atoms with Crippen molar-refractivity contribution in [3.05, 3.63) is 36.4 Å². The van der Waals surface area contributed by atoms with Gasteiger partial charge in [-0.25, -0.2) is 0 Å². The highest BCUT2D eigenvalue weighted by Gasteiger charge is 2.21. The zero-order valence-electron chi connectivity index (χ0n) is 14.8. The van der Waals surface area contributed by atoms with E-state index in [1.165, 1.54) is 0 Å². The highest BCUT2D eigenvalue weighted by Crippen LogP contribution is 2.28. The zero-order chi connectivity index (χ0) is 17.4. The van der Waals surface area contributed by atoms with Crippen LogP contribution in [0.4, 0.5) is 0 Å². The number of ether oxygens (including phenoxy) is 2. The van der Waals surface area contributed by atoms with Crippen LogP contribution in [0.3, 0.4) is 0 Å². The van der Waals surface area contributed by atoms with Gasteiger partial charge in [-0.2, -0.15) is 0 Å². The number of nitrogens with zero attached hydrogens (tertiary/aromatic N) is 2. The van der Waals surface area contributed by atoms with E-state index in [4.69, 9.17) is 9.47 Å². The Balaban J connectivity index is 1.86. The molecule has 0 radical (unpaired) electrons. The van der Waals surface area contributed by atoms with E-state index in [9.17, 15) is 4.79 Å². The van der Waals surface area contributed by atoms with E-state index in [1.54, 1.807) is 7.11 Å². The number of rotatable bonds is 8. The van der Waals surface area contributed by atoms with Crippen LogP contribution in [-0.4, -0.2) is 62.1 Å². The third-order valence-corrected chi connectivity index (χ3v) is 4.22. The Labute approximate surface area is 144 Å². The number of carbonyl (C=O) groups excluding carboxylic acids is 1. The quantitative estimate of drug-likeness (QED) is 0.686. The molecule has 5 heteroatoms. The van der Waals surface area contributed by atoms with E-state index in [0.717, 1.165) is 51.1 Å². The van der Waals surface area contributed by atoms with Crippen LogP contribution in [0.5, 0.6) is 11.5 Å². The molecule has 0 atom stereocenters. The average Bonchev–Trinajstić information content (AvgIpc) is 2.61. The summed E-state index contributed by atoms with van der Waals surface area (Å²) in [5.41, 5.74) is 1.10. The van der Waals surface area contributed by atoms with Crippen molar-refractivity contribution in [3.8, 4) is 11.5 Å². The third kappa shape index (κ3) is 4.99. The van der Waals surface area contributed by atoms with Gasteiger partial charge in [0.1, 0.15) is 0 Å². The van der Waals surface area contributed by atoms with Gasteiger partial charge >= 0.3 is 0 Å². The molecule has 0 aliphatic carbocycles. The average molecular weight is 332 g/mol. The van der Waals surface area contributed by atoms with Crippen molar-refractivity contribution in [1.82, 2.24) is 9.80 Å². The van der Waals surface area contributed by atoms with Gasteiger partial charge in [0, 0.05) is 26.2 Å². The summed E-state index contributed by atoms with van der Waals surface area (Å²) in [6.45, 7) is 10.5. The molecule has 0 N–H and O–H groups in total. The van der Waals surface area contributed by atoms with E-state index >= 15 is 0 Å². The largest absolute Gasteiger partial charge is 0.493 e. The molecule has 132 valence electrons. The Kier molecular flexibility index (Phi) is 7.12. The summed E-state index contributed by atoms with van der Waals surface area (Å²) in [6.07, 6.45) is 3.77. The van der Waals surface area contributed by atoms with Crippen LogP contribution >= 0.6 is 0 Å². The summed E-state index contributed by atoms with van der Waals surface area (Å²) in [7, 11) is 1.61. The molecule has 0 aromatic heterocycles. The summed E-state index contributed by atoms with van der Waals surface area (Å²) in [4.78, 5) is 16.6. The molecule has 0 unspecified atom stereocenters. The lowest BCUT2D eigenvalue weighted by Gasteiger charge is -2.34. The van der Waals surface area contributed by atoms with E-state index in [2.05, 4.69) is 18.4 Å². The SMILES string of the molecule is C=CCc1ccc(OCC(=O)N2CCN(CCC)CC2)c(OC)c1. The number of hydrogen-bond acceptors (Lipinski definition) is 4. The third-order valence-electron chi connectivity index (χ3n) is 4.22. The molecule has 0 saturated carbocycles. The van der Waals surface area contributed by atoms with Crippen molar-refractivity contribution in [3.63, 3.8) is 0 Å². The van der Waals surface area contributed by atoms with Crippen molar-refractivity contribution in [1.29, 1.82) is 0 Å². The van der Waals surface area contributed by atoms with Gasteiger partial charge in [0.25, 0.3) is 5.91 Å². The van der Waals surface area contributed by atoms with Crippen LogP contribution in [0.15, 0.2) is 30.9 Å². The van der Waals surface area contributed by atoms with Crippen LogP contribution in [0.2, 0.25) is 0 Å². The summed E-state index contributed by atoms with van der Waals surface area (Å²) in [5.74, 6) is 1.28. The van der Waals surface area contributed by atoms with Crippen molar-refractivity contribution >= 4 is 5.91 Å². The minimum atomic E-state index is 0.0309. The molecule has 1 aliphatic rings. The van der Waals surface area contributed by atoms with Crippen molar-refractivity contribution in [2.24, 2.45) is 0 Å². The maximum atomic E-state index is 12.3. The van der Waals surface area contributed by atoms with Gasteiger partial charge in [0.15, 0.2) is 18.1 Å². The Morgan fingerprint density at radius 3 is 2.62 bits per heavy atom. The first kappa shape index (κ1) is 18.3. The summed E-state index contributed by atoms with van der Waals surface area (Å²) >= 11 is 0. The summed E-state index contributed by atoms with van der Waals surface area (Å²) < 4.78 is 11.1. The molecule has 0 bridgehead atoms. The number of allylic oxidation sites excluding steroid dienone is 1. The molecule has 5 nitrogen and oxygen atoms in total. The fourth-order valence-corrected chi connectivity index (χ4v) is 2.89. The van der Waals surface area contributed by atoms with Crippen molar-refractivity contribution in [2.45, 2.75) is 19.8 Å². The number of piperazine rings is 1. The minimum Gasteiger partial charge on any atom is -0.493 e. The molecular formula is C19H28N2O3. The highest BCUT2D eigenvalue weighted by molar-refractivity contribution is 5.78. The van der Waals surface area contributed by atoms with Gasteiger partial charge in [-0.15, -0.1) is 6.58 Å². The molecule has 1 aromatic carbocycles. The Hall–Kier alpha value is -2.01. The molecule has 1 aromatic rings. The second-order valence-corrected chi connectivity index (χ2v) is 5.99. The van der Waals surface area contributed by atoms with Crippen LogP contribution < -0.4 is 9.47 Å². The summed E-state index contributed by atoms with van der Waals surface area (Å²) in [6, 6.07) is 5.74. The van der Waals surface area contributed by atoms with Crippen molar-refractivity contribution < 1.29 is 14.3 Å². The first-order valence-corrected chi connectivity index (χ1v) is 8.58. The zero-order valence-corrected chi connectivity index (χ0v) is 14.8. The van der Waals surface area contributed by atoms with Gasteiger partial charge in [-0.05, 0) is 37.1 Å².